The third kappa shape index (κ3) is 3.87. The molecule has 1 aromatic heterocycles. The molecule has 3 aromatic rings. The Morgan fingerprint density at radius 3 is 2.69 bits per heavy atom. The maximum absolute atomic E-state index is 9.63. The number of phenolic OH excluding ortho intramolecular Hbond substituents is 2. The number of halogens is 1. The molecule has 0 amide bonds. The highest BCUT2D eigenvalue weighted by Gasteiger charge is 2.08. The van der Waals surface area contributed by atoms with Crippen LogP contribution < -0.4 is 4.74 Å². The lowest BCUT2D eigenvalue weighted by atomic mass is 10.1. The van der Waals surface area contributed by atoms with Crippen LogP contribution in [0.5, 0.6) is 17.2 Å². The van der Waals surface area contributed by atoms with E-state index in [9.17, 15) is 10.2 Å². The lowest BCUT2D eigenvalue weighted by Gasteiger charge is -2.04. The van der Waals surface area contributed by atoms with Gasteiger partial charge in [0, 0.05) is 6.42 Å². The SMILES string of the molecule is COc1ccc(Cc2n[nH]c(=S)n2/N=C/c2cc(O)c(O)c(Cl)c2)cc1. The first-order valence-electron chi connectivity index (χ1n) is 7.53. The molecule has 9 heteroatoms. The largest absolute Gasteiger partial charge is 0.504 e. The minimum absolute atomic E-state index is 0.0284. The topological polar surface area (TPSA) is 95.7 Å². The molecular weight excluding hydrogens is 376 g/mol. The molecule has 2 aromatic carbocycles. The molecule has 0 aliphatic heterocycles. The Bertz CT molecular complexity index is 989. The number of hydrogen-bond donors (Lipinski definition) is 3. The Balaban J connectivity index is 1.87. The summed E-state index contributed by atoms with van der Waals surface area (Å²) in [6.45, 7) is 0. The van der Waals surface area contributed by atoms with Crippen LogP contribution in [-0.2, 0) is 6.42 Å². The molecule has 26 heavy (non-hydrogen) atoms. The summed E-state index contributed by atoms with van der Waals surface area (Å²) in [7, 11) is 1.61. The average Bonchev–Trinajstić information content (AvgIpc) is 2.98. The number of phenols is 2. The van der Waals surface area contributed by atoms with E-state index in [-0.39, 0.29) is 16.5 Å². The Labute approximate surface area is 159 Å². The van der Waals surface area contributed by atoms with E-state index >= 15 is 0 Å². The highest BCUT2D eigenvalue weighted by atomic mass is 35.5. The number of methoxy groups -OCH3 is 1. The Kier molecular flexibility index (Phi) is 5.24. The number of ether oxygens (including phenoxy) is 1. The molecule has 0 fully saturated rings. The molecule has 0 radical (unpaired) electrons. The van der Waals surface area contributed by atoms with Crippen LogP contribution in [0.2, 0.25) is 5.02 Å². The Morgan fingerprint density at radius 1 is 1.31 bits per heavy atom. The van der Waals surface area contributed by atoms with Crippen LogP contribution in [0.1, 0.15) is 17.0 Å². The predicted molar refractivity (Wildman–Crippen MR) is 101 cm³/mol. The second-order valence-corrected chi connectivity index (χ2v) is 6.19. The van der Waals surface area contributed by atoms with Crippen LogP contribution in [-0.4, -0.2) is 38.4 Å². The first kappa shape index (κ1) is 18.0. The fourth-order valence-corrected chi connectivity index (χ4v) is 2.71. The number of nitrogens with one attached hydrogen (secondary N) is 1. The van der Waals surface area contributed by atoms with Gasteiger partial charge >= 0.3 is 0 Å². The zero-order valence-electron chi connectivity index (χ0n) is 13.7. The maximum atomic E-state index is 9.63. The van der Waals surface area contributed by atoms with Gasteiger partial charge in [-0.25, -0.2) is 0 Å². The van der Waals surface area contributed by atoms with E-state index in [2.05, 4.69) is 15.3 Å². The second-order valence-electron chi connectivity index (χ2n) is 5.40. The van der Waals surface area contributed by atoms with Crippen molar-refractivity contribution in [2.45, 2.75) is 6.42 Å². The normalized spacial score (nSPS) is 11.2. The van der Waals surface area contributed by atoms with Crippen molar-refractivity contribution in [3.05, 3.63) is 63.1 Å². The summed E-state index contributed by atoms with van der Waals surface area (Å²) in [5.74, 6) is 0.692. The summed E-state index contributed by atoms with van der Waals surface area (Å²) >= 11 is 11.1. The lowest BCUT2D eigenvalue weighted by Crippen LogP contribution is -2.00. The molecule has 0 aliphatic carbocycles. The van der Waals surface area contributed by atoms with Gasteiger partial charge in [0.05, 0.1) is 18.3 Å². The zero-order valence-corrected chi connectivity index (χ0v) is 15.3. The predicted octanol–water partition coefficient (Wildman–Crippen LogP) is 3.49. The van der Waals surface area contributed by atoms with Crippen molar-refractivity contribution in [1.82, 2.24) is 14.9 Å². The van der Waals surface area contributed by atoms with Gasteiger partial charge in [-0.3, -0.25) is 5.10 Å². The van der Waals surface area contributed by atoms with Crippen molar-refractivity contribution in [3.8, 4) is 17.2 Å². The number of rotatable bonds is 5. The summed E-state index contributed by atoms with van der Waals surface area (Å²) in [6, 6.07) is 10.4. The van der Waals surface area contributed by atoms with E-state index in [1.165, 1.54) is 23.0 Å². The van der Waals surface area contributed by atoms with Crippen LogP contribution in [0.15, 0.2) is 41.5 Å². The monoisotopic (exact) mass is 390 g/mol. The number of nitrogens with zero attached hydrogens (tertiary/aromatic N) is 3. The number of aromatic amines is 1. The van der Waals surface area contributed by atoms with E-state index in [0.29, 0.717) is 22.6 Å². The molecule has 1 heterocycles. The van der Waals surface area contributed by atoms with Gasteiger partial charge in [-0.2, -0.15) is 14.9 Å². The van der Waals surface area contributed by atoms with Gasteiger partial charge in [-0.05, 0) is 47.6 Å². The molecule has 0 aliphatic rings. The highest BCUT2D eigenvalue weighted by Crippen LogP contribution is 2.33. The molecule has 0 bridgehead atoms. The number of hydrogen-bond acceptors (Lipinski definition) is 6. The van der Waals surface area contributed by atoms with Crippen LogP contribution in [0, 0.1) is 4.77 Å². The van der Waals surface area contributed by atoms with E-state index in [1.807, 2.05) is 24.3 Å². The van der Waals surface area contributed by atoms with Gasteiger partial charge < -0.3 is 14.9 Å². The average molecular weight is 391 g/mol. The van der Waals surface area contributed by atoms with E-state index in [0.717, 1.165) is 11.3 Å². The number of aromatic nitrogens is 3. The van der Waals surface area contributed by atoms with Gasteiger partial charge in [-0.15, -0.1) is 0 Å². The smallest absolute Gasteiger partial charge is 0.216 e. The quantitative estimate of drug-likeness (QED) is 0.352. The Hall–Kier alpha value is -2.84. The van der Waals surface area contributed by atoms with Crippen LogP contribution >= 0.6 is 23.8 Å². The van der Waals surface area contributed by atoms with E-state index in [4.69, 9.17) is 28.6 Å². The van der Waals surface area contributed by atoms with Crippen molar-refractivity contribution in [2.24, 2.45) is 5.10 Å². The molecule has 0 unspecified atom stereocenters. The highest BCUT2D eigenvalue weighted by molar-refractivity contribution is 7.71. The minimum Gasteiger partial charge on any atom is -0.504 e. The third-order valence-electron chi connectivity index (χ3n) is 3.63. The van der Waals surface area contributed by atoms with Gasteiger partial charge in [0.25, 0.3) is 0 Å². The molecule has 3 N–H and O–H groups in total. The van der Waals surface area contributed by atoms with Crippen molar-refractivity contribution in [1.29, 1.82) is 0 Å². The fourth-order valence-electron chi connectivity index (χ4n) is 2.29. The van der Waals surface area contributed by atoms with E-state index < -0.39 is 0 Å². The third-order valence-corrected chi connectivity index (χ3v) is 4.18. The van der Waals surface area contributed by atoms with Crippen LogP contribution in [0.4, 0.5) is 0 Å². The molecule has 0 spiro atoms. The van der Waals surface area contributed by atoms with Crippen molar-refractivity contribution in [2.75, 3.05) is 7.11 Å². The lowest BCUT2D eigenvalue weighted by molar-refractivity contribution is 0.404. The van der Waals surface area contributed by atoms with Gasteiger partial charge in [0.1, 0.15) is 5.75 Å². The fraction of sp³-hybridized carbons (Fsp3) is 0.118. The molecule has 0 saturated carbocycles. The summed E-state index contributed by atoms with van der Waals surface area (Å²) in [6.07, 6.45) is 1.98. The van der Waals surface area contributed by atoms with Crippen LogP contribution in [0.3, 0.4) is 0 Å². The van der Waals surface area contributed by atoms with Crippen LogP contribution in [0.25, 0.3) is 0 Å². The zero-order chi connectivity index (χ0) is 18.7. The first-order valence-corrected chi connectivity index (χ1v) is 8.31. The van der Waals surface area contributed by atoms with Gasteiger partial charge in [0.15, 0.2) is 17.3 Å². The molecule has 0 saturated heterocycles. The number of benzene rings is 2. The molecule has 3 rings (SSSR count). The summed E-state index contributed by atoms with van der Waals surface area (Å²) < 4.78 is 6.96. The van der Waals surface area contributed by atoms with Crippen molar-refractivity contribution < 1.29 is 14.9 Å². The molecule has 0 atom stereocenters. The summed E-state index contributed by atoms with van der Waals surface area (Å²) in [5.41, 5.74) is 1.52. The molecule has 7 nitrogen and oxygen atoms in total. The number of aromatic hydroxyl groups is 2. The van der Waals surface area contributed by atoms with Crippen molar-refractivity contribution >= 4 is 30.0 Å². The minimum atomic E-state index is -0.371. The van der Waals surface area contributed by atoms with Gasteiger partial charge in [-0.1, -0.05) is 23.7 Å². The van der Waals surface area contributed by atoms with Crippen molar-refractivity contribution in [3.63, 3.8) is 0 Å². The van der Waals surface area contributed by atoms with E-state index in [1.54, 1.807) is 7.11 Å². The molecular formula is C17H15ClN4O3S. The Morgan fingerprint density at radius 2 is 2.04 bits per heavy atom. The summed E-state index contributed by atoms with van der Waals surface area (Å²) in [5, 5.41) is 30.4. The first-order chi connectivity index (χ1) is 12.5. The standard InChI is InChI=1S/C17H15ClN4O3S/c1-25-12-4-2-10(3-5-12)8-15-20-21-17(26)22(15)19-9-11-6-13(18)16(24)14(23)7-11/h2-7,9,23-24H,8H2,1H3,(H,21,26)/b19-9+. The maximum Gasteiger partial charge on any atom is 0.216 e. The molecule has 134 valence electrons. The second kappa shape index (κ2) is 7.59. The van der Waals surface area contributed by atoms with Gasteiger partial charge in [0.2, 0.25) is 4.77 Å². The summed E-state index contributed by atoms with van der Waals surface area (Å²) in [4.78, 5) is 0. The number of H-pyrrole nitrogens is 1.